The van der Waals surface area contributed by atoms with E-state index in [0.29, 0.717) is 12.1 Å². The highest BCUT2D eigenvalue weighted by atomic mass is 16.5. The number of nitrogens with zero attached hydrogens (tertiary/aromatic N) is 1. The molecule has 4 unspecified atom stereocenters. The maximum Gasteiger partial charge on any atom is 0.0826 e. The first-order valence-corrected chi connectivity index (χ1v) is 7.76. The third-order valence-electron chi connectivity index (χ3n) is 4.74. The second kappa shape index (κ2) is 6.88. The van der Waals surface area contributed by atoms with Crippen molar-refractivity contribution in [2.75, 3.05) is 32.8 Å². The first-order valence-electron chi connectivity index (χ1n) is 7.76. The smallest absolute Gasteiger partial charge is 0.0826 e. The SMILES string of the molecule is CCN1CCOC(CNC2CC(C)CCC2C)C1. The van der Waals surface area contributed by atoms with Gasteiger partial charge < -0.3 is 10.1 Å². The summed E-state index contributed by atoms with van der Waals surface area (Å²) in [7, 11) is 0. The summed E-state index contributed by atoms with van der Waals surface area (Å²) in [5.41, 5.74) is 0. The maximum absolute atomic E-state index is 5.86. The maximum atomic E-state index is 5.86. The Morgan fingerprint density at radius 3 is 2.89 bits per heavy atom. The predicted molar refractivity (Wildman–Crippen MR) is 75.8 cm³/mol. The summed E-state index contributed by atoms with van der Waals surface area (Å²) in [6.07, 6.45) is 4.52. The molecule has 3 nitrogen and oxygen atoms in total. The Labute approximate surface area is 112 Å². The van der Waals surface area contributed by atoms with Gasteiger partial charge in [0.05, 0.1) is 12.7 Å². The van der Waals surface area contributed by atoms with E-state index in [4.69, 9.17) is 4.74 Å². The molecule has 18 heavy (non-hydrogen) atoms. The number of rotatable bonds is 4. The Balaban J connectivity index is 1.73. The van der Waals surface area contributed by atoms with E-state index in [0.717, 1.165) is 44.6 Å². The molecule has 2 rings (SSSR count). The van der Waals surface area contributed by atoms with Gasteiger partial charge in [-0.15, -0.1) is 0 Å². The van der Waals surface area contributed by atoms with Gasteiger partial charge in [-0.1, -0.05) is 27.2 Å². The number of hydrogen-bond donors (Lipinski definition) is 1. The van der Waals surface area contributed by atoms with Gasteiger partial charge in [0.2, 0.25) is 0 Å². The Morgan fingerprint density at radius 2 is 2.11 bits per heavy atom. The van der Waals surface area contributed by atoms with E-state index < -0.39 is 0 Å². The fourth-order valence-electron chi connectivity index (χ4n) is 3.29. The normalized spacial score (nSPS) is 38.8. The molecule has 106 valence electrons. The van der Waals surface area contributed by atoms with E-state index in [-0.39, 0.29) is 0 Å². The summed E-state index contributed by atoms with van der Waals surface area (Å²) >= 11 is 0. The second-order valence-corrected chi connectivity index (χ2v) is 6.30. The lowest BCUT2D eigenvalue weighted by atomic mass is 9.80. The molecule has 0 aromatic rings. The molecule has 1 saturated heterocycles. The number of hydrogen-bond acceptors (Lipinski definition) is 3. The van der Waals surface area contributed by atoms with Crippen LogP contribution in [0.1, 0.15) is 40.0 Å². The van der Waals surface area contributed by atoms with Crippen LogP contribution < -0.4 is 5.32 Å². The summed E-state index contributed by atoms with van der Waals surface area (Å²) in [5.74, 6) is 1.71. The monoisotopic (exact) mass is 254 g/mol. The molecule has 4 atom stereocenters. The van der Waals surface area contributed by atoms with Crippen molar-refractivity contribution in [3.63, 3.8) is 0 Å². The van der Waals surface area contributed by atoms with Crippen molar-refractivity contribution in [3.05, 3.63) is 0 Å². The summed E-state index contributed by atoms with van der Waals surface area (Å²) in [4.78, 5) is 2.49. The predicted octanol–water partition coefficient (Wildman–Crippen LogP) is 2.12. The number of likely N-dealkylation sites (N-methyl/N-ethyl adjacent to an activating group) is 1. The number of nitrogens with one attached hydrogen (secondary N) is 1. The minimum absolute atomic E-state index is 0.392. The van der Waals surface area contributed by atoms with E-state index in [9.17, 15) is 0 Å². The lowest BCUT2D eigenvalue weighted by Gasteiger charge is -2.36. The average Bonchev–Trinajstić information content (AvgIpc) is 2.40. The van der Waals surface area contributed by atoms with Crippen molar-refractivity contribution in [2.24, 2.45) is 11.8 Å². The molecule has 1 heterocycles. The van der Waals surface area contributed by atoms with Gasteiger partial charge in [0.1, 0.15) is 0 Å². The van der Waals surface area contributed by atoms with Crippen LogP contribution in [0, 0.1) is 11.8 Å². The Hall–Kier alpha value is -0.120. The Bertz CT molecular complexity index is 247. The third kappa shape index (κ3) is 3.94. The van der Waals surface area contributed by atoms with Crippen molar-refractivity contribution in [1.29, 1.82) is 0 Å². The first-order chi connectivity index (χ1) is 8.69. The summed E-state index contributed by atoms with van der Waals surface area (Å²) < 4.78 is 5.86. The third-order valence-corrected chi connectivity index (χ3v) is 4.74. The zero-order valence-electron chi connectivity index (χ0n) is 12.3. The highest BCUT2D eigenvalue weighted by Gasteiger charge is 2.26. The van der Waals surface area contributed by atoms with Crippen LogP contribution in [0.5, 0.6) is 0 Å². The van der Waals surface area contributed by atoms with Crippen molar-refractivity contribution < 1.29 is 4.74 Å². The topological polar surface area (TPSA) is 24.5 Å². The van der Waals surface area contributed by atoms with Gasteiger partial charge in [0, 0.05) is 25.7 Å². The van der Waals surface area contributed by atoms with Gasteiger partial charge in [0.25, 0.3) is 0 Å². The van der Waals surface area contributed by atoms with Crippen LogP contribution in [0.4, 0.5) is 0 Å². The molecular weight excluding hydrogens is 224 g/mol. The molecule has 1 aliphatic heterocycles. The lowest BCUT2D eigenvalue weighted by Crippen LogP contribution is -2.49. The van der Waals surface area contributed by atoms with Crippen LogP contribution >= 0.6 is 0 Å². The van der Waals surface area contributed by atoms with Crippen molar-refractivity contribution >= 4 is 0 Å². The van der Waals surface area contributed by atoms with Crippen LogP contribution in [-0.2, 0) is 4.74 Å². The van der Waals surface area contributed by atoms with Gasteiger partial charge >= 0.3 is 0 Å². The van der Waals surface area contributed by atoms with Crippen LogP contribution in [0.25, 0.3) is 0 Å². The van der Waals surface area contributed by atoms with Gasteiger partial charge in [-0.05, 0) is 31.2 Å². The van der Waals surface area contributed by atoms with E-state index in [2.05, 4.69) is 31.0 Å². The molecule has 2 aliphatic rings. The van der Waals surface area contributed by atoms with Gasteiger partial charge in [-0.2, -0.15) is 0 Å². The molecule has 0 amide bonds. The molecule has 1 saturated carbocycles. The first kappa shape index (κ1) is 14.3. The van der Waals surface area contributed by atoms with Gasteiger partial charge in [-0.25, -0.2) is 0 Å². The molecule has 0 bridgehead atoms. The van der Waals surface area contributed by atoms with E-state index >= 15 is 0 Å². The van der Waals surface area contributed by atoms with E-state index in [1.54, 1.807) is 0 Å². The number of ether oxygens (including phenoxy) is 1. The lowest BCUT2D eigenvalue weighted by molar-refractivity contribution is -0.0279. The fraction of sp³-hybridized carbons (Fsp3) is 1.00. The molecule has 0 spiro atoms. The van der Waals surface area contributed by atoms with Gasteiger partial charge in [-0.3, -0.25) is 4.90 Å². The minimum Gasteiger partial charge on any atom is -0.374 e. The molecule has 0 radical (unpaired) electrons. The standard InChI is InChI=1S/C15H30N2O/c1-4-17-7-8-18-14(11-17)10-16-15-9-12(2)5-6-13(15)3/h12-16H,4-11H2,1-3H3. The van der Waals surface area contributed by atoms with Crippen LogP contribution in [0.2, 0.25) is 0 Å². The van der Waals surface area contributed by atoms with E-state index in [1.165, 1.54) is 19.3 Å². The highest BCUT2D eigenvalue weighted by Crippen LogP contribution is 2.28. The van der Waals surface area contributed by atoms with Crippen LogP contribution in [0.15, 0.2) is 0 Å². The summed E-state index contributed by atoms with van der Waals surface area (Å²) in [6, 6.07) is 0.703. The Morgan fingerprint density at radius 1 is 1.28 bits per heavy atom. The molecule has 1 N–H and O–H groups in total. The molecule has 2 fully saturated rings. The van der Waals surface area contributed by atoms with Crippen molar-refractivity contribution in [3.8, 4) is 0 Å². The molecule has 0 aromatic heterocycles. The summed E-state index contributed by atoms with van der Waals surface area (Å²) in [6.45, 7) is 12.3. The average molecular weight is 254 g/mol. The fourth-order valence-corrected chi connectivity index (χ4v) is 3.29. The highest BCUT2D eigenvalue weighted by molar-refractivity contribution is 4.83. The van der Waals surface area contributed by atoms with Crippen molar-refractivity contribution in [1.82, 2.24) is 10.2 Å². The zero-order chi connectivity index (χ0) is 13.0. The zero-order valence-corrected chi connectivity index (χ0v) is 12.3. The molecule has 1 aliphatic carbocycles. The molecule has 3 heteroatoms. The molecule has 0 aromatic carbocycles. The second-order valence-electron chi connectivity index (χ2n) is 6.30. The van der Waals surface area contributed by atoms with Gasteiger partial charge in [0.15, 0.2) is 0 Å². The number of morpholine rings is 1. The Kier molecular flexibility index (Phi) is 5.46. The van der Waals surface area contributed by atoms with Crippen LogP contribution in [0.3, 0.4) is 0 Å². The quantitative estimate of drug-likeness (QED) is 0.832. The summed E-state index contributed by atoms with van der Waals surface area (Å²) in [5, 5.41) is 3.76. The minimum atomic E-state index is 0.392. The van der Waals surface area contributed by atoms with Crippen LogP contribution in [-0.4, -0.2) is 49.8 Å². The molecular formula is C15H30N2O. The van der Waals surface area contributed by atoms with E-state index in [1.807, 2.05) is 0 Å². The largest absolute Gasteiger partial charge is 0.374 e. The van der Waals surface area contributed by atoms with Crippen molar-refractivity contribution in [2.45, 2.75) is 52.2 Å².